The van der Waals surface area contributed by atoms with Crippen LogP contribution in [0.3, 0.4) is 0 Å². The Labute approximate surface area is 101 Å². The lowest BCUT2D eigenvalue weighted by Crippen LogP contribution is -2.13. The van der Waals surface area contributed by atoms with Crippen molar-refractivity contribution in [2.75, 3.05) is 22.6 Å². The SMILES string of the molecule is CCSCCC(=O)Nc1ccc(N)cc1C. The van der Waals surface area contributed by atoms with Crippen LogP contribution in [0.5, 0.6) is 0 Å². The number of anilines is 2. The first-order valence-electron chi connectivity index (χ1n) is 5.37. The molecule has 0 aliphatic carbocycles. The van der Waals surface area contributed by atoms with Crippen LogP contribution >= 0.6 is 11.8 Å². The van der Waals surface area contributed by atoms with Crippen LogP contribution in [0.15, 0.2) is 18.2 Å². The summed E-state index contributed by atoms with van der Waals surface area (Å²) in [5.74, 6) is 1.98. The Kier molecular flexibility index (Phi) is 5.19. The predicted octanol–water partition coefficient (Wildman–Crippen LogP) is 2.66. The topological polar surface area (TPSA) is 55.1 Å². The number of rotatable bonds is 5. The minimum Gasteiger partial charge on any atom is -0.399 e. The van der Waals surface area contributed by atoms with E-state index in [-0.39, 0.29) is 5.91 Å². The molecule has 16 heavy (non-hydrogen) atoms. The van der Waals surface area contributed by atoms with Crippen molar-refractivity contribution in [3.05, 3.63) is 23.8 Å². The molecule has 3 nitrogen and oxygen atoms in total. The van der Waals surface area contributed by atoms with E-state index in [1.54, 1.807) is 17.8 Å². The third-order valence-electron chi connectivity index (χ3n) is 2.20. The van der Waals surface area contributed by atoms with E-state index >= 15 is 0 Å². The first-order valence-corrected chi connectivity index (χ1v) is 6.52. The van der Waals surface area contributed by atoms with Gasteiger partial charge >= 0.3 is 0 Å². The van der Waals surface area contributed by atoms with Gasteiger partial charge in [-0.25, -0.2) is 0 Å². The van der Waals surface area contributed by atoms with Gasteiger partial charge in [-0.1, -0.05) is 6.92 Å². The smallest absolute Gasteiger partial charge is 0.225 e. The average molecular weight is 238 g/mol. The number of amides is 1. The summed E-state index contributed by atoms with van der Waals surface area (Å²) in [6, 6.07) is 5.50. The molecule has 0 heterocycles. The number of carbonyl (C=O) groups is 1. The van der Waals surface area contributed by atoms with Crippen LogP contribution in [-0.4, -0.2) is 17.4 Å². The van der Waals surface area contributed by atoms with Gasteiger partial charge in [-0.15, -0.1) is 0 Å². The van der Waals surface area contributed by atoms with E-state index in [1.807, 2.05) is 19.1 Å². The zero-order chi connectivity index (χ0) is 12.0. The summed E-state index contributed by atoms with van der Waals surface area (Å²) in [6.45, 7) is 4.03. The van der Waals surface area contributed by atoms with E-state index in [4.69, 9.17) is 5.73 Å². The van der Waals surface area contributed by atoms with Crippen LogP contribution in [0, 0.1) is 6.92 Å². The molecule has 0 saturated heterocycles. The highest BCUT2D eigenvalue weighted by molar-refractivity contribution is 7.99. The summed E-state index contributed by atoms with van der Waals surface area (Å²) in [6.07, 6.45) is 0.558. The van der Waals surface area contributed by atoms with Crippen molar-refractivity contribution < 1.29 is 4.79 Å². The molecule has 1 rings (SSSR count). The van der Waals surface area contributed by atoms with Crippen LogP contribution in [0.25, 0.3) is 0 Å². The molecule has 0 saturated carbocycles. The molecule has 4 heteroatoms. The van der Waals surface area contributed by atoms with Crippen molar-refractivity contribution in [2.45, 2.75) is 20.3 Å². The molecule has 0 unspecified atom stereocenters. The normalized spacial score (nSPS) is 10.1. The Morgan fingerprint density at radius 3 is 2.88 bits per heavy atom. The molecule has 88 valence electrons. The first-order chi connectivity index (χ1) is 7.63. The average Bonchev–Trinajstić information content (AvgIpc) is 2.23. The highest BCUT2D eigenvalue weighted by atomic mass is 32.2. The number of benzene rings is 1. The van der Waals surface area contributed by atoms with Crippen molar-refractivity contribution in [2.24, 2.45) is 0 Å². The fourth-order valence-electron chi connectivity index (χ4n) is 1.35. The summed E-state index contributed by atoms with van der Waals surface area (Å²) in [5.41, 5.74) is 8.20. The lowest BCUT2D eigenvalue weighted by Gasteiger charge is -2.08. The molecule has 1 aromatic rings. The molecule has 0 spiro atoms. The van der Waals surface area contributed by atoms with E-state index < -0.39 is 0 Å². The van der Waals surface area contributed by atoms with Gasteiger partial charge in [0.2, 0.25) is 5.91 Å². The van der Waals surface area contributed by atoms with Crippen LogP contribution in [0.1, 0.15) is 18.9 Å². The van der Waals surface area contributed by atoms with Crippen molar-refractivity contribution in [3.63, 3.8) is 0 Å². The van der Waals surface area contributed by atoms with Crippen LogP contribution in [0.4, 0.5) is 11.4 Å². The van der Waals surface area contributed by atoms with Crippen LogP contribution in [0.2, 0.25) is 0 Å². The number of nitrogens with one attached hydrogen (secondary N) is 1. The Hall–Kier alpha value is -1.16. The molecule has 0 aliphatic heterocycles. The van der Waals surface area contributed by atoms with Gasteiger partial charge in [-0.3, -0.25) is 4.79 Å². The molecule has 0 bridgehead atoms. The maximum absolute atomic E-state index is 11.6. The molecular weight excluding hydrogens is 220 g/mol. The lowest BCUT2D eigenvalue weighted by molar-refractivity contribution is -0.115. The summed E-state index contributed by atoms with van der Waals surface area (Å²) in [5, 5.41) is 2.89. The van der Waals surface area contributed by atoms with E-state index in [1.165, 1.54) is 0 Å². The molecule has 0 aromatic heterocycles. The van der Waals surface area contributed by atoms with Gasteiger partial charge in [0.25, 0.3) is 0 Å². The molecule has 3 N–H and O–H groups in total. The van der Waals surface area contributed by atoms with Gasteiger partial charge in [0, 0.05) is 23.5 Å². The van der Waals surface area contributed by atoms with Gasteiger partial charge in [0.1, 0.15) is 0 Å². The van der Waals surface area contributed by atoms with Crippen molar-refractivity contribution >= 4 is 29.0 Å². The Morgan fingerprint density at radius 1 is 1.50 bits per heavy atom. The zero-order valence-electron chi connectivity index (χ0n) is 9.75. The summed E-state index contributed by atoms with van der Waals surface area (Å²) in [4.78, 5) is 11.6. The maximum atomic E-state index is 11.6. The quantitative estimate of drug-likeness (QED) is 0.612. The molecular formula is C12H18N2OS. The molecule has 0 radical (unpaired) electrons. The molecule has 0 aliphatic rings. The van der Waals surface area contributed by atoms with Gasteiger partial charge < -0.3 is 11.1 Å². The van der Waals surface area contributed by atoms with Gasteiger partial charge in [0.05, 0.1) is 0 Å². The van der Waals surface area contributed by atoms with Crippen LogP contribution < -0.4 is 11.1 Å². The third kappa shape index (κ3) is 4.14. The summed E-state index contributed by atoms with van der Waals surface area (Å²) < 4.78 is 0. The minimum absolute atomic E-state index is 0.0637. The molecule has 1 amide bonds. The van der Waals surface area contributed by atoms with Crippen LogP contribution in [-0.2, 0) is 4.79 Å². The number of nitrogen functional groups attached to an aromatic ring is 1. The van der Waals surface area contributed by atoms with Crippen molar-refractivity contribution in [1.29, 1.82) is 0 Å². The van der Waals surface area contributed by atoms with Gasteiger partial charge in [0.15, 0.2) is 0 Å². The second-order valence-corrected chi connectivity index (χ2v) is 4.96. The Morgan fingerprint density at radius 2 is 2.25 bits per heavy atom. The third-order valence-corrected chi connectivity index (χ3v) is 3.10. The standard InChI is InChI=1S/C12H18N2OS/c1-3-16-7-6-12(15)14-11-5-4-10(13)8-9(11)2/h4-5,8H,3,6-7,13H2,1-2H3,(H,14,15). The minimum atomic E-state index is 0.0637. The summed E-state index contributed by atoms with van der Waals surface area (Å²) >= 11 is 1.77. The highest BCUT2D eigenvalue weighted by Gasteiger charge is 2.04. The fraction of sp³-hybridized carbons (Fsp3) is 0.417. The highest BCUT2D eigenvalue weighted by Crippen LogP contribution is 2.17. The molecule has 0 fully saturated rings. The number of aryl methyl sites for hydroxylation is 1. The molecule has 1 aromatic carbocycles. The number of hydrogen-bond donors (Lipinski definition) is 2. The van der Waals surface area contributed by atoms with Gasteiger partial charge in [-0.05, 0) is 36.4 Å². The molecule has 0 atom stereocenters. The lowest BCUT2D eigenvalue weighted by atomic mass is 10.2. The van der Waals surface area contributed by atoms with E-state index in [2.05, 4.69) is 12.2 Å². The second-order valence-electron chi connectivity index (χ2n) is 3.57. The number of carbonyl (C=O) groups excluding carboxylic acids is 1. The largest absolute Gasteiger partial charge is 0.399 e. The first kappa shape index (κ1) is 12.9. The van der Waals surface area contributed by atoms with Gasteiger partial charge in [-0.2, -0.15) is 11.8 Å². The van der Waals surface area contributed by atoms with E-state index in [0.717, 1.165) is 28.4 Å². The number of thioether (sulfide) groups is 1. The monoisotopic (exact) mass is 238 g/mol. The number of nitrogens with two attached hydrogens (primary N) is 1. The van der Waals surface area contributed by atoms with Crippen molar-refractivity contribution in [3.8, 4) is 0 Å². The number of hydrogen-bond acceptors (Lipinski definition) is 3. The zero-order valence-corrected chi connectivity index (χ0v) is 10.6. The van der Waals surface area contributed by atoms with Crippen molar-refractivity contribution in [1.82, 2.24) is 0 Å². The fourth-order valence-corrected chi connectivity index (χ4v) is 1.97. The predicted molar refractivity (Wildman–Crippen MR) is 71.8 cm³/mol. The van der Waals surface area contributed by atoms with E-state index in [9.17, 15) is 4.79 Å². The van der Waals surface area contributed by atoms with E-state index in [0.29, 0.717) is 6.42 Å². The maximum Gasteiger partial charge on any atom is 0.225 e. The second kappa shape index (κ2) is 6.43. The summed E-state index contributed by atoms with van der Waals surface area (Å²) in [7, 11) is 0. The Bertz CT molecular complexity index is 366. The Balaban J connectivity index is 2.49.